The molecular weight excluding hydrogens is 381 g/mol. The van der Waals surface area contributed by atoms with Crippen LogP contribution in [0.25, 0.3) is 0 Å². The highest BCUT2D eigenvalue weighted by Crippen LogP contribution is 2.18. The first-order valence-electron chi connectivity index (χ1n) is 7.72. The molecule has 1 saturated heterocycles. The van der Waals surface area contributed by atoms with Gasteiger partial charge in [-0.05, 0) is 55.3 Å². The number of ether oxygens (including phenoxy) is 1. The van der Waals surface area contributed by atoms with Crippen molar-refractivity contribution in [2.75, 3.05) is 6.54 Å². The van der Waals surface area contributed by atoms with Crippen LogP contribution >= 0.6 is 15.9 Å². The summed E-state index contributed by atoms with van der Waals surface area (Å²) < 4.78 is 19.8. The van der Waals surface area contributed by atoms with E-state index in [0.29, 0.717) is 17.4 Å². The molecule has 0 aliphatic carbocycles. The molecule has 0 bridgehead atoms. The lowest BCUT2D eigenvalue weighted by molar-refractivity contribution is -0.119. The Bertz CT molecular complexity index is 633. The summed E-state index contributed by atoms with van der Waals surface area (Å²) in [5.74, 6) is -0.686. The summed E-state index contributed by atoms with van der Waals surface area (Å²) in [6.45, 7) is 5.58. The van der Waals surface area contributed by atoms with E-state index in [1.807, 2.05) is 0 Å². The lowest BCUT2D eigenvalue weighted by Crippen LogP contribution is -2.43. The van der Waals surface area contributed by atoms with Crippen LogP contribution in [0.5, 0.6) is 0 Å². The highest BCUT2D eigenvalue weighted by molar-refractivity contribution is 9.10. The SMILES string of the molecule is CC(C)(C)OC(=O)N(Cc1ccc(Br)nc1F)C[C@@H]1CCC(=O)N1. The zero-order valence-corrected chi connectivity index (χ0v) is 15.5. The number of aromatic nitrogens is 1. The topological polar surface area (TPSA) is 71.5 Å². The van der Waals surface area contributed by atoms with E-state index in [4.69, 9.17) is 4.74 Å². The molecule has 2 amide bonds. The van der Waals surface area contributed by atoms with Gasteiger partial charge in [-0.3, -0.25) is 4.79 Å². The number of hydrogen-bond acceptors (Lipinski definition) is 4. The molecule has 1 fully saturated rings. The summed E-state index contributed by atoms with van der Waals surface area (Å²) in [6, 6.07) is 3.02. The van der Waals surface area contributed by atoms with Gasteiger partial charge in [-0.25, -0.2) is 9.78 Å². The average Bonchev–Trinajstić information content (AvgIpc) is 2.84. The molecule has 0 aromatic carbocycles. The van der Waals surface area contributed by atoms with Gasteiger partial charge in [0.15, 0.2) is 0 Å². The van der Waals surface area contributed by atoms with Crippen LogP contribution in [0.1, 0.15) is 39.2 Å². The third-order valence-electron chi connectivity index (χ3n) is 3.43. The number of pyridine rings is 1. The Hall–Kier alpha value is -1.70. The summed E-state index contributed by atoms with van der Waals surface area (Å²) in [4.78, 5) is 28.9. The van der Waals surface area contributed by atoms with Gasteiger partial charge >= 0.3 is 6.09 Å². The maximum absolute atomic E-state index is 14.0. The Morgan fingerprint density at radius 3 is 2.75 bits per heavy atom. The molecule has 0 saturated carbocycles. The van der Waals surface area contributed by atoms with Gasteiger partial charge < -0.3 is 15.0 Å². The van der Waals surface area contributed by atoms with Crippen molar-refractivity contribution in [2.45, 2.75) is 51.8 Å². The number of carbonyl (C=O) groups excluding carboxylic acids is 2. The van der Waals surface area contributed by atoms with E-state index >= 15 is 0 Å². The zero-order chi connectivity index (χ0) is 17.9. The van der Waals surface area contributed by atoms with Crippen molar-refractivity contribution in [2.24, 2.45) is 0 Å². The Morgan fingerprint density at radius 2 is 2.21 bits per heavy atom. The van der Waals surface area contributed by atoms with Crippen molar-refractivity contribution in [1.29, 1.82) is 0 Å². The molecule has 132 valence electrons. The number of nitrogens with one attached hydrogen (secondary N) is 1. The number of nitrogens with zero attached hydrogens (tertiary/aromatic N) is 2. The minimum absolute atomic E-state index is 0.0212. The van der Waals surface area contributed by atoms with Gasteiger partial charge in [0, 0.05) is 24.6 Å². The monoisotopic (exact) mass is 401 g/mol. The number of hydrogen-bond donors (Lipinski definition) is 1. The fourth-order valence-corrected chi connectivity index (χ4v) is 2.66. The van der Waals surface area contributed by atoms with Crippen LogP contribution in [0, 0.1) is 5.95 Å². The number of carbonyl (C=O) groups is 2. The Morgan fingerprint density at radius 1 is 1.50 bits per heavy atom. The standard InChI is InChI=1S/C16H21BrFN3O3/c1-16(2,3)24-15(23)21(9-11-5-7-13(22)19-11)8-10-4-6-12(17)20-14(10)18/h4,6,11H,5,7-9H2,1-3H3,(H,19,22)/t11-/m0/s1. The van der Waals surface area contributed by atoms with E-state index in [9.17, 15) is 14.0 Å². The second kappa shape index (κ2) is 7.46. The van der Waals surface area contributed by atoms with Crippen LogP contribution in [0.3, 0.4) is 0 Å². The Labute approximate surface area is 148 Å². The quantitative estimate of drug-likeness (QED) is 0.787. The lowest BCUT2D eigenvalue weighted by Gasteiger charge is -2.29. The van der Waals surface area contributed by atoms with Gasteiger partial charge in [0.2, 0.25) is 11.9 Å². The van der Waals surface area contributed by atoms with Gasteiger partial charge in [0.1, 0.15) is 10.2 Å². The summed E-state index contributed by atoms with van der Waals surface area (Å²) in [6.07, 6.45) is 0.520. The molecule has 1 atom stereocenters. The molecule has 1 aromatic rings. The van der Waals surface area contributed by atoms with Crippen molar-refractivity contribution in [3.05, 3.63) is 28.2 Å². The maximum Gasteiger partial charge on any atom is 0.410 e. The zero-order valence-electron chi connectivity index (χ0n) is 13.9. The smallest absolute Gasteiger partial charge is 0.410 e. The van der Waals surface area contributed by atoms with E-state index in [1.54, 1.807) is 32.9 Å². The normalized spacial score (nSPS) is 17.5. The van der Waals surface area contributed by atoms with Crippen LogP contribution in [-0.4, -0.2) is 40.1 Å². The number of halogens is 2. The average molecular weight is 402 g/mol. The van der Waals surface area contributed by atoms with Gasteiger partial charge in [0.05, 0.1) is 6.54 Å². The predicted octanol–water partition coefficient (Wildman–Crippen LogP) is 3.00. The van der Waals surface area contributed by atoms with Crippen LogP contribution in [0.4, 0.5) is 9.18 Å². The predicted molar refractivity (Wildman–Crippen MR) is 89.7 cm³/mol. The molecular formula is C16H21BrFN3O3. The highest BCUT2D eigenvalue weighted by Gasteiger charge is 2.29. The van der Waals surface area contributed by atoms with Crippen molar-refractivity contribution in [1.82, 2.24) is 15.2 Å². The first-order valence-corrected chi connectivity index (χ1v) is 8.51. The molecule has 2 rings (SSSR count). The van der Waals surface area contributed by atoms with Crippen molar-refractivity contribution in [3.8, 4) is 0 Å². The van der Waals surface area contributed by atoms with Crippen LogP contribution < -0.4 is 5.32 Å². The lowest BCUT2D eigenvalue weighted by atomic mass is 10.2. The summed E-state index contributed by atoms with van der Waals surface area (Å²) in [5.41, 5.74) is -0.376. The first kappa shape index (κ1) is 18.6. The number of amides is 2. The largest absolute Gasteiger partial charge is 0.444 e. The second-order valence-electron chi connectivity index (χ2n) is 6.75. The molecule has 8 heteroatoms. The summed E-state index contributed by atoms with van der Waals surface area (Å²) in [7, 11) is 0. The van der Waals surface area contributed by atoms with E-state index in [-0.39, 0.29) is 30.6 Å². The van der Waals surface area contributed by atoms with E-state index in [0.717, 1.165) is 0 Å². The maximum atomic E-state index is 14.0. The van der Waals surface area contributed by atoms with E-state index in [2.05, 4.69) is 26.2 Å². The second-order valence-corrected chi connectivity index (χ2v) is 7.56. The first-order chi connectivity index (χ1) is 11.1. The Kier molecular flexibility index (Phi) is 5.79. The summed E-state index contributed by atoms with van der Waals surface area (Å²) in [5, 5.41) is 2.81. The van der Waals surface area contributed by atoms with Crippen LogP contribution in [-0.2, 0) is 16.1 Å². The van der Waals surface area contributed by atoms with Crippen LogP contribution in [0.15, 0.2) is 16.7 Å². The molecule has 6 nitrogen and oxygen atoms in total. The van der Waals surface area contributed by atoms with E-state index < -0.39 is 17.6 Å². The highest BCUT2D eigenvalue weighted by atomic mass is 79.9. The van der Waals surface area contributed by atoms with E-state index in [1.165, 1.54) is 4.90 Å². The third kappa shape index (κ3) is 5.43. The molecule has 1 aliphatic rings. The van der Waals surface area contributed by atoms with Crippen molar-refractivity contribution < 1.29 is 18.7 Å². The molecule has 24 heavy (non-hydrogen) atoms. The minimum Gasteiger partial charge on any atom is -0.444 e. The van der Waals surface area contributed by atoms with Crippen molar-refractivity contribution >= 4 is 27.9 Å². The van der Waals surface area contributed by atoms with Gasteiger partial charge in [-0.15, -0.1) is 0 Å². The molecule has 1 aromatic heterocycles. The molecule has 2 heterocycles. The minimum atomic E-state index is -0.662. The third-order valence-corrected chi connectivity index (χ3v) is 3.87. The molecule has 0 spiro atoms. The number of rotatable bonds is 4. The molecule has 0 unspecified atom stereocenters. The van der Waals surface area contributed by atoms with Gasteiger partial charge in [-0.1, -0.05) is 0 Å². The fourth-order valence-electron chi connectivity index (χ4n) is 2.37. The summed E-state index contributed by atoms with van der Waals surface area (Å²) >= 11 is 3.10. The Balaban J connectivity index is 2.14. The molecule has 1 N–H and O–H groups in total. The van der Waals surface area contributed by atoms with Crippen LogP contribution in [0.2, 0.25) is 0 Å². The van der Waals surface area contributed by atoms with Gasteiger partial charge in [-0.2, -0.15) is 4.39 Å². The van der Waals surface area contributed by atoms with Gasteiger partial charge in [0.25, 0.3) is 0 Å². The molecule has 0 radical (unpaired) electrons. The fraction of sp³-hybridized carbons (Fsp3) is 0.562. The van der Waals surface area contributed by atoms with Crippen molar-refractivity contribution in [3.63, 3.8) is 0 Å². The molecule has 1 aliphatic heterocycles.